The van der Waals surface area contributed by atoms with Gasteiger partial charge in [0, 0.05) is 18.0 Å². The summed E-state index contributed by atoms with van der Waals surface area (Å²) >= 11 is 1.71. The van der Waals surface area contributed by atoms with Gasteiger partial charge >= 0.3 is 0 Å². The van der Waals surface area contributed by atoms with Crippen molar-refractivity contribution in [1.29, 1.82) is 0 Å². The number of nitrogens with zero attached hydrogens (tertiary/aromatic N) is 2. The molecule has 0 amide bonds. The molecule has 0 saturated heterocycles. The van der Waals surface area contributed by atoms with Gasteiger partial charge in [-0.2, -0.15) is 0 Å². The van der Waals surface area contributed by atoms with E-state index in [0.717, 1.165) is 28.1 Å². The monoisotopic (exact) mass is 298 g/mol. The van der Waals surface area contributed by atoms with Gasteiger partial charge in [-0.15, -0.1) is 11.3 Å². The molecule has 0 aliphatic rings. The summed E-state index contributed by atoms with van der Waals surface area (Å²) in [4.78, 5) is 11.1. The van der Waals surface area contributed by atoms with Crippen LogP contribution < -0.4 is 11.1 Å². The number of fused-ring (bicyclic) bond motifs is 1. The molecule has 0 atom stereocenters. The van der Waals surface area contributed by atoms with E-state index in [2.05, 4.69) is 53.4 Å². The Hall–Kier alpha value is -1.98. The molecular formula is C16H18N4S. The van der Waals surface area contributed by atoms with Crippen LogP contribution in [0, 0.1) is 13.8 Å². The van der Waals surface area contributed by atoms with Crippen molar-refractivity contribution in [2.75, 3.05) is 5.32 Å². The highest BCUT2D eigenvalue weighted by Crippen LogP contribution is 2.32. The van der Waals surface area contributed by atoms with Crippen molar-refractivity contribution >= 4 is 27.4 Å². The quantitative estimate of drug-likeness (QED) is 0.775. The number of nitrogens with one attached hydrogen (secondary N) is 1. The second kappa shape index (κ2) is 5.79. The minimum atomic E-state index is 0.577. The minimum Gasteiger partial charge on any atom is -0.365 e. The van der Waals surface area contributed by atoms with E-state index in [0.29, 0.717) is 6.54 Å². The fourth-order valence-electron chi connectivity index (χ4n) is 2.30. The zero-order chi connectivity index (χ0) is 14.8. The van der Waals surface area contributed by atoms with Crippen molar-refractivity contribution in [3.05, 3.63) is 52.2 Å². The molecule has 0 saturated carbocycles. The molecule has 3 N–H and O–H groups in total. The molecule has 21 heavy (non-hydrogen) atoms. The highest BCUT2D eigenvalue weighted by molar-refractivity contribution is 7.18. The van der Waals surface area contributed by atoms with Gasteiger partial charge in [0.1, 0.15) is 17.0 Å². The summed E-state index contributed by atoms with van der Waals surface area (Å²) in [6.45, 7) is 5.56. The first-order valence-electron chi connectivity index (χ1n) is 6.91. The second-order valence-electron chi connectivity index (χ2n) is 5.06. The Kier molecular flexibility index (Phi) is 3.86. The van der Waals surface area contributed by atoms with Gasteiger partial charge in [-0.25, -0.2) is 9.97 Å². The molecule has 0 unspecified atom stereocenters. The van der Waals surface area contributed by atoms with E-state index >= 15 is 0 Å². The highest BCUT2D eigenvalue weighted by atomic mass is 32.1. The van der Waals surface area contributed by atoms with Gasteiger partial charge in [0.15, 0.2) is 0 Å². The zero-order valence-corrected chi connectivity index (χ0v) is 13.0. The van der Waals surface area contributed by atoms with E-state index in [9.17, 15) is 0 Å². The third-order valence-electron chi connectivity index (χ3n) is 3.68. The van der Waals surface area contributed by atoms with Crippen LogP contribution in [0.2, 0.25) is 0 Å². The van der Waals surface area contributed by atoms with E-state index in [1.54, 1.807) is 17.7 Å². The lowest BCUT2D eigenvalue weighted by molar-refractivity contribution is 1.05. The van der Waals surface area contributed by atoms with Crippen molar-refractivity contribution in [3.63, 3.8) is 0 Å². The maximum absolute atomic E-state index is 5.61. The average molecular weight is 298 g/mol. The topological polar surface area (TPSA) is 63.8 Å². The molecule has 1 aromatic carbocycles. The molecule has 0 fully saturated rings. The molecule has 2 heterocycles. The summed E-state index contributed by atoms with van der Waals surface area (Å²) in [5.74, 6) is 0.907. The molecule has 0 bridgehead atoms. The average Bonchev–Trinajstić information content (AvgIpc) is 2.81. The van der Waals surface area contributed by atoms with Gasteiger partial charge in [0.05, 0.1) is 5.39 Å². The van der Waals surface area contributed by atoms with Crippen LogP contribution in [0.15, 0.2) is 30.6 Å². The third-order valence-corrected chi connectivity index (χ3v) is 4.80. The van der Waals surface area contributed by atoms with Crippen molar-refractivity contribution in [1.82, 2.24) is 9.97 Å². The number of benzene rings is 1. The summed E-state index contributed by atoms with van der Waals surface area (Å²) in [6.07, 6.45) is 1.62. The highest BCUT2D eigenvalue weighted by Gasteiger charge is 2.11. The SMILES string of the molecule is Cc1sc2ncnc(NCc3ccc(CN)cc3)c2c1C. The van der Waals surface area contributed by atoms with Crippen LogP contribution in [-0.2, 0) is 13.1 Å². The van der Waals surface area contributed by atoms with Crippen LogP contribution in [-0.4, -0.2) is 9.97 Å². The normalized spacial score (nSPS) is 11.0. The molecule has 108 valence electrons. The zero-order valence-electron chi connectivity index (χ0n) is 12.2. The van der Waals surface area contributed by atoms with Gasteiger partial charge in [0.25, 0.3) is 0 Å². The first-order chi connectivity index (χ1) is 10.2. The van der Waals surface area contributed by atoms with Crippen LogP contribution in [0.25, 0.3) is 10.2 Å². The van der Waals surface area contributed by atoms with Crippen LogP contribution in [0.4, 0.5) is 5.82 Å². The second-order valence-corrected chi connectivity index (χ2v) is 6.26. The predicted octanol–water partition coefficient (Wildman–Crippen LogP) is 3.38. The van der Waals surface area contributed by atoms with Gasteiger partial charge in [-0.05, 0) is 30.5 Å². The standard InChI is InChI=1S/C16H18N4S/c1-10-11(2)21-16-14(10)15(19-9-20-16)18-8-13-5-3-12(7-17)4-6-13/h3-6,9H,7-8,17H2,1-2H3,(H,18,19,20). The number of hydrogen-bond donors (Lipinski definition) is 2. The molecule has 0 aliphatic heterocycles. The molecule has 3 aromatic rings. The van der Waals surface area contributed by atoms with Crippen molar-refractivity contribution in [2.45, 2.75) is 26.9 Å². The van der Waals surface area contributed by atoms with E-state index < -0.39 is 0 Å². The fraction of sp³-hybridized carbons (Fsp3) is 0.250. The molecule has 4 nitrogen and oxygen atoms in total. The summed E-state index contributed by atoms with van der Waals surface area (Å²) in [5.41, 5.74) is 9.23. The molecule has 2 aromatic heterocycles. The maximum Gasteiger partial charge on any atom is 0.138 e. The lowest BCUT2D eigenvalue weighted by atomic mass is 10.1. The van der Waals surface area contributed by atoms with E-state index in [4.69, 9.17) is 5.73 Å². The Balaban J connectivity index is 1.84. The molecular weight excluding hydrogens is 280 g/mol. The largest absolute Gasteiger partial charge is 0.365 e. The van der Waals surface area contributed by atoms with E-state index in [1.165, 1.54) is 16.0 Å². The third kappa shape index (κ3) is 2.75. The first kappa shape index (κ1) is 14.0. The predicted molar refractivity (Wildman–Crippen MR) is 88.5 cm³/mol. The first-order valence-corrected chi connectivity index (χ1v) is 7.73. The van der Waals surface area contributed by atoms with Crippen molar-refractivity contribution in [3.8, 4) is 0 Å². The summed E-state index contributed by atoms with van der Waals surface area (Å²) in [7, 11) is 0. The van der Waals surface area contributed by atoms with Crippen LogP contribution in [0.1, 0.15) is 21.6 Å². The molecule has 0 spiro atoms. The van der Waals surface area contributed by atoms with Gasteiger partial charge < -0.3 is 11.1 Å². The van der Waals surface area contributed by atoms with E-state index in [-0.39, 0.29) is 0 Å². The number of thiophene rings is 1. The summed E-state index contributed by atoms with van der Waals surface area (Å²) in [6, 6.07) is 8.32. The Morgan fingerprint density at radius 1 is 1.10 bits per heavy atom. The molecule has 0 aliphatic carbocycles. The van der Waals surface area contributed by atoms with Gasteiger partial charge in [0.2, 0.25) is 0 Å². The number of aryl methyl sites for hydroxylation is 2. The van der Waals surface area contributed by atoms with E-state index in [1.807, 2.05) is 0 Å². The van der Waals surface area contributed by atoms with Crippen LogP contribution >= 0.6 is 11.3 Å². The molecule has 0 radical (unpaired) electrons. The molecule has 5 heteroatoms. The fourth-order valence-corrected chi connectivity index (χ4v) is 3.29. The number of rotatable bonds is 4. The Morgan fingerprint density at radius 2 is 1.81 bits per heavy atom. The lowest BCUT2D eigenvalue weighted by Crippen LogP contribution is -2.03. The minimum absolute atomic E-state index is 0.577. The molecule has 3 rings (SSSR count). The Labute approximate surface area is 128 Å². The number of hydrogen-bond acceptors (Lipinski definition) is 5. The number of nitrogens with two attached hydrogens (primary N) is 1. The maximum atomic E-state index is 5.61. The Bertz CT molecular complexity index is 762. The number of anilines is 1. The smallest absolute Gasteiger partial charge is 0.138 e. The van der Waals surface area contributed by atoms with Crippen LogP contribution in [0.5, 0.6) is 0 Å². The summed E-state index contributed by atoms with van der Waals surface area (Å²) in [5, 5.41) is 4.56. The van der Waals surface area contributed by atoms with Crippen molar-refractivity contribution in [2.24, 2.45) is 5.73 Å². The summed E-state index contributed by atoms with van der Waals surface area (Å²) < 4.78 is 0. The lowest BCUT2D eigenvalue weighted by Gasteiger charge is -2.08. The van der Waals surface area contributed by atoms with Gasteiger partial charge in [-0.1, -0.05) is 24.3 Å². The number of aromatic nitrogens is 2. The van der Waals surface area contributed by atoms with Gasteiger partial charge in [-0.3, -0.25) is 0 Å². The Morgan fingerprint density at radius 3 is 2.52 bits per heavy atom. The van der Waals surface area contributed by atoms with Crippen LogP contribution in [0.3, 0.4) is 0 Å². The van der Waals surface area contributed by atoms with Crippen molar-refractivity contribution < 1.29 is 0 Å².